The first-order valence-electron chi connectivity index (χ1n) is 4.98. The zero-order chi connectivity index (χ0) is 11.5. The summed E-state index contributed by atoms with van der Waals surface area (Å²) in [6.07, 6.45) is 3.13. The van der Waals surface area contributed by atoms with Crippen LogP contribution < -0.4 is 0 Å². The zero-order valence-electron chi connectivity index (χ0n) is 9.20. The van der Waals surface area contributed by atoms with Gasteiger partial charge in [0.05, 0.1) is 13.2 Å². The van der Waals surface area contributed by atoms with E-state index in [4.69, 9.17) is 0 Å². The summed E-state index contributed by atoms with van der Waals surface area (Å²) in [7, 11) is 1.70. The van der Waals surface area contributed by atoms with Gasteiger partial charge in [0.2, 0.25) is 0 Å². The van der Waals surface area contributed by atoms with Crippen molar-refractivity contribution in [2.24, 2.45) is 7.05 Å². The first-order valence-corrected chi connectivity index (χ1v) is 4.98. The number of aliphatic hydroxyl groups excluding tert-OH is 1. The molecule has 2 aromatic heterocycles. The largest absolute Gasteiger partial charge is 0.388 e. The Morgan fingerprint density at radius 1 is 1.50 bits per heavy atom. The number of aryl methyl sites for hydroxylation is 2. The Balaban J connectivity index is 2.14. The molecular weight excluding hydrogens is 206 g/mol. The summed E-state index contributed by atoms with van der Waals surface area (Å²) >= 11 is 0. The minimum absolute atomic E-state index is 0.360. The molecule has 0 aliphatic carbocycles. The van der Waals surface area contributed by atoms with Gasteiger partial charge in [-0.05, 0) is 29.3 Å². The van der Waals surface area contributed by atoms with Crippen molar-refractivity contribution in [3.05, 3.63) is 35.4 Å². The van der Waals surface area contributed by atoms with Gasteiger partial charge >= 0.3 is 0 Å². The van der Waals surface area contributed by atoms with Crippen molar-refractivity contribution in [2.45, 2.75) is 19.4 Å². The molecule has 0 saturated heterocycles. The quantitative estimate of drug-likeness (QED) is 0.797. The molecule has 1 N–H and O–H groups in total. The van der Waals surface area contributed by atoms with Gasteiger partial charge in [-0.25, -0.2) is 0 Å². The van der Waals surface area contributed by atoms with Gasteiger partial charge in [0.25, 0.3) is 0 Å². The van der Waals surface area contributed by atoms with Crippen LogP contribution in [0.1, 0.15) is 23.1 Å². The Bertz CT molecular complexity index is 482. The highest BCUT2D eigenvalue weighted by molar-refractivity contribution is 5.24. The summed E-state index contributed by atoms with van der Waals surface area (Å²) in [6.45, 7) is 1.91. The van der Waals surface area contributed by atoms with E-state index < -0.39 is 6.10 Å². The Kier molecular flexibility index (Phi) is 2.91. The fraction of sp³-hybridized carbons (Fsp3) is 0.400. The van der Waals surface area contributed by atoms with Crippen LogP contribution in [0, 0.1) is 6.92 Å². The van der Waals surface area contributed by atoms with Gasteiger partial charge in [-0.2, -0.15) is 4.80 Å². The van der Waals surface area contributed by atoms with Gasteiger partial charge in [-0.3, -0.25) is 4.98 Å². The Hall–Kier alpha value is -1.82. The number of aliphatic hydroxyl groups is 1. The van der Waals surface area contributed by atoms with Crippen LogP contribution >= 0.6 is 0 Å². The predicted molar refractivity (Wildman–Crippen MR) is 56.4 cm³/mol. The lowest BCUT2D eigenvalue weighted by molar-refractivity contribution is 0.175. The van der Waals surface area contributed by atoms with Crippen molar-refractivity contribution in [1.82, 2.24) is 25.2 Å². The van der Waals surface area contributed by atoms with Crippen molar-refractivity contribution in [3.63, 3.8) is 0 Å². The molecule has 0 saturated carbocycles. The molecule has 2 rings (SSSR count). The summed E-state index contributed by atoms with van der Waals surface area (Å²) < 4.78 is 0. The molecule has 2 heterocycles. The maximum Gasteiger partial charge on any atom is 0.177 e. The average molecular weight is 219 g/mol. The van der Waals surface area contributed by atoms with E-state index in [1.165, 1.54) is 4.80 Å². The van der Waals surface area contributed by atoms with Gasteiger partial charge < -0.3 is 5.11 Å². The van der Waals surface area contributed by atoms with Crippen LogP contribution in [0.2, 0.25) is 0 Å². The van der Waals surface area contributed by atoms with Crippen LogP contribution in [-0.4, -0.2) is 30.3 Å². The molecule has 1 atom stereocenters. The van der Waals surface area contributed by atoms with Crippen molar-refractivity contribution in [1.29, 1.82) is 0 Å². The van der Waals surface area contributed by atoms with Crippen molar-refractivity contribution >= 4 is 0 Å². The van der Waals surface area contributed by atoms with Gasteiger partial charge in [0.1, 0.15) is 0 Å². The third-order valence-corrected chi connectivity index (χ3v) is 2.35. The molecule has 0 radical (unpaired) electrons. The standard InChI is InChI=1S/C10H13N5O/c1-7-6-11-4-3-8(7)9(16)5-10-12-14-15(2)13-10/h3-4,6,9,16H,5H2,1-2H3. The van der Waals surface area contributed by atoms with E-state index >= 15 is 0 Å². The van der Waals surface area contributed by atoms with E-state index in [9.17, 15) is 5.11 Å². The Labute approximate surface area is 92.9 Å². The molecule has 0 bridgehead atoms. The summed E-state index contributed by atoms with van der Waals surface area (Å²) in [5, 5.41) is 21.6. The predicted octanol–water partition coefficient (Wildman–Crippen LogP) is 0.190. The van der Waals surface area contributed by atoms with Crippen LogP contribution in [0.4, 0.5) is 0 Å². The van der Waals surface area contributed by atoms with E-state index in [-0.39, 0.29) is 0 Å². The molecule has 6 heteroatoms. The second-order valence-corrected chi connectivity index (χ2v) is 3.65. The topological polar surface area (TPSA) is 76.7 Å². The van der Waals surface area contributed by atoms with Gasteiger partial charge in [0.15, 0.2) is 5.82 Å². The van der Waals surface area contributed by atoms with Crippen molar-refractivity contribution in [2.75, 3.05) is 0 Å². The second kappa shape index (κ2) is 4.36. The lowest BCUT2D eigenvalue weighted by Gasteiger charge is -2.10. The summed E-state index contributed by atoms with van der Waals surface area (Å²) in [6, 6.07) is 1.80. The molecule has 0 amide bonds. The number of hydrogen-bond donors (Lipinski definition) is 1. The number of hydrogen-bond acceptors (Lipinski definition) is 5. The maximum atomic E-state index is 10.0. The lowest BCUT2D eigenvalue weighted by atomic mass is 10.0. The molecular formula is C10H13N5O. The highest BCUT2D eigenvalue weighted by Crippen LogP contribution is 2.18. The van der Waals surface area contributed by atoms with E-state index in [1.54, 1.807) is 25.5 Å². The maximum absolute atomic E-state index is 10.0. The van der Waals surface area contributed by atoms with Crippen LogP contribution in [0.25, 0.3) is 0 Å². The monoisotopic (exact) mass is 219 g/mol. The third kappa shape index (κ3) is 2.22. The zero-order valence-corrected chi connectivity index (χ0v) is 9.20. The van der Waals surface area contributed by atoms with E-state index in [0.717, 1.165) is 11.1 Å². The molecule has 6 nitrogen and oxygen atoms in total. The molecule has 0 aliphatic rings. The first kappa shape index (κ1) is 10.7. The molecule has 0 aromatic carbocycles. The third-order valence-electron chi connectivity index (χ3n) is 2.35. The number of nitrogens with zero attached hydrogens (tertiary/aromatic N) is 5. The first-order chi connectivity index (χ1) is 7.66. The molecule has 0 fully saturated rings. The molecule has 2 aromatic rings. The normalized spacial score (nSPS) is 12.7. The highest BCUT2D eigenvalue weighted by Gasteiger charge is 2.13. The smallest absolute Gasteiger partial charge is 0.177 e. The van der Waals surface area contributed by atoms with Crippen LogP contribution in [0.15, 0.2) is 18.5 Å². The van der Waals surface area contributed by atoms with Gasteiger partial charge in [-0.1, -0.05) is 0 Å². The van der Waals surface area contributed by atoms with E-state index in [2.05, 4.69) is 20.4 Å². The Morgan fingerprint density at radius 3 is 2.94 bits per heavy atom. The van der Waals surface area contributed by atoms with Crippen LogP contribution in [0.5, 0.6) is 0 Å². The molecule has 16 heavy (non-hydrogen) atoms. The van der Waals surface area contributed by atoms with Crippen molar-refractivity contribution in [3.8, 4) is 0 Å². The SMILES string of the molecule is Cc1cnccc1C(O)Cc1nnn(C)n1. The average Bonchev–Trinajstić information content (AvgIpc) is 2.64. The highest BCUT2D eigenvalue weighted by atomic mass is 16.3. The van der Waals surface area contributed by atoms with Crippen LogP contribution in [0.3, 0.4) is 0 Å². The number of tetrazole rings is 1. The van der Waals surface area contributed by atoms with Crippen LogP contribution in [-0.2, 0) is 13.5 Å². The summed E-state index contributed by atoms with van der Waals surface area (Å²) in [5.74, 6) is 0.534. The summed E-state index contributed by atoms with van der Waals surface area (Å²) in [4.78, 5) is 5.36. The Morgan fingerprint density at radius 2 is 2.31 bits per heavy atom. The molecule has 1 unspecified atom stereocenters. The lowest BCUT2D eigenvalue weighted by Crippen LogP contribution is -2.06. The molecule has 84 valence electrons. The minimum atomic E-state index is -0.618. The van der Waals surface area contributed by atoms with E-state index in [0.29, 0.717) is 12.2 Å². The van der Waals surface area contributed by atoms with Gasteiger partial charge in [0, 0.05) is 18.8 Å². The van der Waals surface area contributed by atoms with Gasteiger partial charge in [-0.15, -0.1) is 10.2 Å². The fourth-order valence-corrected chi connectivity index (χ4v) is 1.55. The number of pyridine rings is 1. The molecule has 0 aliphatic heterocycles. The molecule has 0 spiro atoms. The van der Waals surface area contributed by atoms with Crippen molar-refractivity contribution < 1.29 is 5.11 Å². The number of rotatable bonds is 3. The minimum Gasteiger partial charge on any atom is -0.388 e. The number of aromatic nitrogens is 5. The summed E-state index contributed by atoms with van der Waals surface area (Å²) in [5.41, 5.74) is 1.81. The fourth-order valence-electron chi connectivity index (χ4n) is 1.55. The van der Waals surface area contributed by atoms with E-state index in [1.807, 2.05) is 6.92 Å². The second-order valence-electron chi connectivity index (χ2n) is 3.65.